The lowest BCUT2D eigenvalue weighted by molar-refractivity contribution is 0.598. The molecule has 0 N–H and O–H groups in total. The van der Waals surface area contributed by atoms with E-state index in [1.807, 2.05) is 6.08 Å². The van der Waals surface area contributed by atoms with Crippen molar-refractivity contribution in [3.8, 4) is 0 Å². The van der Waals surface area contributed by atoms with Crippen molar-refractivity contribution in [3.63, 3.8) is 0 Å². The third-order valence-corrected chi connectivity index (χ3v) is 5.46. The van der Waals surface area contributed by atoms with E-state index < -0.39 is 0 Å². The van der Waals surface area contributed by atoms with Gasteiger partial charge in [-0.25, -0.2) is 0 Å². The molecule has 0 saturated heterocycles. The van der Waals surface area contributed by atoms with Crippen molar-refractivity contribution in [3.05, 3.63) is 103 Å². The van der Waals surface area contributed by atoms with Crippen molar-refractivity contribution in [1.82, 2.24) is 0 Å². The molecule has 0 heterocycles. The lowest BCUT2D eigenvalue weighted by atomic mass is 9.93. The Morgan fingerprint density at radius 3 is 2.78 bits per heavy atom. The first-order valence-corrected chi connectivity index (χ1v) is 9.99. The van der Waals surface area contributed by atoms with Crippen molar-refractivity contribution in [1.29, 1.82) is 0 Å². The van der Waals surface area contributed by atoms with E-state index in [2.05, 4.69) is 90.4 Å². The average Bonchev–Trinajstić information content (AvgIpc) is 2.74. The van der Waals surface area contributed by atoms with Gasteiger partial charge in [0.25, 0.3) is 0 Å². The van der Waals surface area contributed by atoms with Gasteiger partial charge in [-0.05, 0) is 61.6 Å². The van der Waals surface area contributed by atoms with Gasteiger partial charge in [-0.2, -0.15) is 0 Å². The summed E-state index contributed by atoms with van der Waals surface area (Å²) in [5.74, 6) is 0.626. The van der Waals surface area contributed by atoms with Crippen LogP contribution in [0, 0.1) is 5.92 Å². The zero-order chi connectivity index (χ0) is 18.5. The number of fused-ring (bicyclic) bond motifs is 1. The molecule has 1 heteroatoms. The second-order valence-corrected chi connectivity index (χ2v) is 7.31. The highest BCUT2D eigenvalue weighted by atomic mass is 15.2. The zero-order valence-corrected chi connectivity index (χ0v) is 15.9. The van der Waals surface area contributed by atoms with Gasteiger partial charge in [0.1, 0.15) is 0 Å². The van der Waals surface area contributed by atoms with Crippen LogP contribution in [0.2, 0.25) is 0 Å². The number of nitrogens with zero attached hydrogens (tertiary/aromatic N) is 1. The first-order chi connectivity index (χ1) is 13.4. The molecule has 1 atom stereocenters. The van der Waals surface area contributed by atoms with Gasteiger partial charge in [0.15, 0.2) is 0 Å². The van der Waals surface area contributed by atoms with Gasteiger partial charge in [-0.1, -0.05) is 66.8 Å². The van der Waals surface area contributed by atoms with Crippen LogP contribution < -0.4 is 4.90 Å². The minimum Gasteiger partial charge on any atom is -0.314 e. The summed E-state index contributed by atoms with van der Waals surface area (Å²) in [7, 11) is 0. The second-order valence-electron chi connectivity index (χ2n) is 7.31. The zero-order valence-electron chi connectivity index (χ0n) is 15.9. The molecule has 0 spiro atoms. The number of hydrogen-bond donors (Lipinski definition) is 0. The number of benzene rings is 2. The van der Waals surface area contributed by atoms with Crippen molar-refractivity contribution in [2.24, 2.45) is 5.92 Å². The third-order valence-electron chi connectivity index (χ3n) is 5.46. The lowest BCUT2D eigenvalue weighted by Crippen LogP contribution is -2.23. The Balaban J connectivity index is 1.74. The Kier molecular flexibility index (Phi) is 5.39. The fourth-order valence-electron chi connectivity index (χ4n) is 4.00. The second kappa shape index (κ2) is 8.26. The smallest absolute Gasteiger partial charge is 0.0536 e. The minimum absolute atomic E-state index is 0.626. The van der Waals surface area contributed by atoms with Crippen molar-refractivity contribution in [2.75, 3.05) is 4.90 Å². The van der Waals surface area contributed by atoms with Crippen molar-refractivity contribution in [2.45, 2.75) is 32.1 Å². The molecule has 2 aromatic carbocycles. The maximum absolute atomic E-state index is 3.86. The summed E-state index contributed by atoms with van der Waals surface area (Å²) in [6, 6.07) is 15.3. The summed E-state index contributed by atoms with van der Waals surface area (Å²) < 4.78 is 0. The average molecular weight is 354 g/mol. The molecule has 4 rings (SSSR count). The molecule has 2 aliphatic rings. The van der Waals surface area contributed by atoms with E-state index in [9.17, 15) is 0 Å². The largest absolute Gasteiger partial charge is 0.314 e. The molecule has 0 amide bonds. The van der Waals surface area contributed by atoms with Crippen LogP contribution in [0.5, 0.6) is 0 Å². The number of allylic oxidation sites excluding steroid dienone is 8. The fourth-order valence-corrected chi connectivity index (χ4v) is 4.00. The van der Waals surface area contributed by atoms with Crippen LogP contribution in [-0.2, 0) is 0 Å². The molecule has 0 bridgehead atoms. The summed E-state index contributed by atoms with van der Waals surface area (Å²) in [6.07, 6.45) is 21.4. The van der Waals surface area contributed by atoms with Gasteiger partial charge in [0, 0.05) is 16.8 Å². The molecule has 2 aliphatic carbocycles. The number of anilines is 1. The molecule has 136 valence electrons. The highest BCUT2D eigenvalue weighted by molar-refractivity contribution is 5.96. The van der Waals surface area contributed by atoms with E-state index in [1.54, 1.807) is 0 Å². The van der Waals surface area contributed by atoms with Crippen LogP contribution in [0.1, 0.15) is 32.1 Å². The van der Waals surface area contributed by atoms with Crippen molar-refractivity contribution < 1.29 is 0 Å². The van der Waals surface area contributed by atoms with E-state index in [-0.39, 0.29) is 0 Å². The van der Waals surface area contributed by atoms with Crippen LogP contribution in [0.4, 0.5) is 5.69 Å². The molecule has 2 aromatic rings. The Hall–Kier alpha value is -2.80. The first kappa shape index (κ1) is 17.6. The molecule has 0 fully saturated rings. The van der Waals surface area contributed by atoms with Crippen LogP contribution in [0.25, 0.3) is 10.8 Å². The summed E-state index contributed by atoms with van der Waals surface area (Å²) in [6.45, 7) is 3.86. The predicted molar refractivity (Wildman–Crippen MR) is 118 cm³/mol. The minimum atomic E-state index is 0.626. The van der Waals surface area contributed by atoms with E-state index >= 15 is 0 Å². The van der Waals surface area contributed by atoms with Gasteiger partial charge in [-0.15, -0.1) is 6.58 Å². The van der Waals surface area contributed by atoms with Crippen LogP contribution in [0.3, 0.4) is 0 Å². The van der Waals surface area contributed by atoms with E-state index in [0.29, 0.717) is 5.92 Å². The van der Waals surface area contributed by atoms with E-state index in [4.69, 9.17) is 0 Å². The highest BCUT2D eigenvalue weighted by Crippen LogP contribution is 2.36. The molecule has 1 nitrogen and oxygen atoms in total. The molecular weight excluding hydrogens is 326 g/mol. The maximum Gasteiger partial charge on any atom is 0.0536 e. The molecule has 1 unspecified atom stereocenters. The molecule has 27 heavy (non-hydrogen) atoms. The molecule has 0 radical (unpaired) electrons. The normalized spacial score (nSPS) is 18.9. The van der Waals surface area contributed by atoms with Crippen molar-refractivity contribution >= 4 is 16.5 Å². The highest BCUT2D eigenvalue weighted by Gasteiger charge is 2.20. The van der Waals surface area contributed by atoms with Gasteiger partial charge in [0.05, 0.1) is 5.69 Å². The van der Waals surface area contributed by atoms with Gasteiger partial charge in [0.2, 0.25) is 0 Å². The molecule has 0 aromatic heterocycles. The Bertz CT molecular complexity index is 936. The van der Waals surface area contributed by atoms with Gasteiger partial charge >= 0.3 is 0 Å². The molecular formula is C26H27N. The molecule has 0 aliphatic heterocycles. The summed E-state index contributed by atoms with van der Waals surface area (Å²) in [5, 5.41) is 2.59. The van der Waals surface area contributed by atoms with Crippen LogP contribution in [0.15, 0.2) is 103 Å². The van der Waals surface area contributed by atoms with Crippen LogP contribution in [-0.4, -0.2) is 0 Å². The lowest BCUT2D eigenvalue weighted by Gasteiger charge is -2.32. The Morgan fingerprint density at radius 1 is 1.11 bits per heavy atom. The quantitative estimate of drug-likeness (QED) is 0.492. The third kappa shape index (κ3) is 3.83. The first-order valence-electron chi connectivity index (χ1n) is 9.99. The molecule has 0 saturated carbocycles. The Labute approximate surface area is 162 Å². The summed E-state index contributed by atoms with van der Waals surface area (Å²) >= 11 is 0. The summed E-state index contributed by atoms with van der Waals surface area (Å²) in [4.78, 5) is 2.46. The predicted octanol–water partition coefficient (Wildman–Crippen LogP) is 7.31. The maximum atomic E-state index is 3.86. The van der Waals surface area contributed by atoms with Gasteiger partial charge in [-0.3, -0.25) is 0 Å². The number of rotatable bonds is 6. The fraction of sp³-hybridized carbons (Fsp3) is 0.231. The Morgan fingerprint density at radius 2 is 2.00 bits per heavy atom. The van der Waals surface area contributed by atoms with E-state index in [0.717, 1.165) is 25.7 Å². The standard InChI is InChI=1S/C26H27N/c1-2-3-10-21-17-19-24(20-18-21)27(23-13-5-4-6-14-23)26-16-9-12-22-11-7-8-15-25(22)26/h2,4-5,7-9,11-13,15-17,19-21H,1,3,6,10,14,18H2. The van der Waals surface area contributed by atoms with Gasteiger partial charge < -0.3 is 4.90 Å². The topological polar surface area (TPSA) is 3.24 Å². The number of hydrogen-bond acceptors (Lipinski definition) is 1. The monoisotopic (exact) mass is 353 g/mol. The van der Waals surface area contributed by atoms with E-state index in [1.165, 1.54) is 34.3 Å². The van der Waals surface area contributed by atoms with Crippen LogP contribution >= 0.6 is 0 Å². The summed E-state index contributed by atoms with van der Waals surface area (Å²) in [5.41, 5.74) is 3.94. The SMILES string of the molecule is C=CCCC1C=CC(N(C2=CC=CCC2)c2cccc3ccccc23)=CC1.